The first-order valence-electron chi connectivity index (χ1n) is 6.13. The van der Waals surface area contributed by atoms with Gasteiger partial charge in [0.2, 0.25) is 0 Å². The van der Waals surface area contributed by atoms with Crippen LogP contribution in [0.4, 0.5) is 24.0 Å². The van der Waals surface area contributed by atoms with Crippen LogP contribution >= 0.6 is 15.9 Å². The van der Waals surface area contributed by atoms with E-state index in [1.807, 2.05) is 0 Å². The zero-order chi connectivity index (χ0) is 16.7. The van der Waals surface area contributed by atoms with Gasteiger partial charge in [0.25, 0.3) is 0 Å². The minimum absolute atomic E-state index is 0.0345. The molecule has 1 N–H and O–H groups in total. The number of nitrogens with one attached hydrogen (secondary N) is 1. The number of oxazole rings is 1. The Kier molecular flexibility index (Phi) is 4.12. The van der Waals surface area contributed by atoms with E-state index < -0.39 is 29.0 Å². The molecule has 1 aromatic heterocycles. The van der Waals surface area contributed by atoms with Gasteiger partial charge in [-0.1, -0.05) is 15.9 Å². The summed E-state index contributed by atoms with van der Waals surface area (Å²) in [6.45, 7) is 4.95. The van der Waals surface area contributed by atoms with Gasteiger partial charge in [-0.05, 0) is 32.9 Å². The van der Waals surface area contributed by atoms with E-state index >= 15 is 0 Å². The zero-order valence-electron chi connectivity index (χ0n) is 11.8. The predicted octanol–water partition coefficient (Wildman–Crippen LogP) is 4.96. The summed E-state index contributed by atoms with van der Waals surface area (Å²) in [5, 5.41) is 2.16. The van der Waals surface area contributed by atoms with Crippen molar-refractivity contribution < 1.29 is 27.1 Å². The number of hydrogen-bond acceptors (Lipinski definition) is 4. The molecule has 0 unspecified atom stereocenters. The van der Waals surface area contributed by atoms with E-state index in [0.29, 0.717) is 0 Å². The molecule has 0 aliphatic rings. The number of carbonyl (C=O) groups excluding carboxylic acids is 1. The Morgan fingerprint density at radius 3 is 2.50 bits per heavy atom. The van der Waals surface area contributed by atoms with E-state index in [9.17, 15) is 18.0 Å². The number of fused-ring (bicyclic) bond motifs is 1. The fourth-order valence-corrected chi connectivity index (χ4v) is 2.10. The predicted molar refractivity (Wildman–Crippen MR) is 76.6 cm³/mol. The first-order chi connectivity index (χ1) is 9.95. The number of rotatable bonds is 1. The van der Waals surface area contributed by atoms with Crippen molar-refractivity contribution in [3.05, 3.63) is 22.2 Å². The maximum Gasteiger partial charge on any atom is 0.420 e. The van der Waals surface area contributed by atoms with Gasteiger partial charge in [-0.3, -0.25) is 0 Å². The largest absolute Gasteiger partial charge is 0.443 e. The van der Waals surface area contributed by atoms with Gasteiger partial charge in [-0.25, -0.2) is 10.1 Å². The Morgan fingerprint density at radius 2 is 1.95 bits per heavy atom. The first kappa shape index (κ1) is 16.6. The molecular weight excluding hydrogens is 369 g/mol. The highest BCUT2D eigenvalue weighted by molar-refractivity contribution is 9.10. The lowest BCUT2D eigenvalue weighted by Crippen LogP contribution is -2.27. The van der Waals surface area contributed by atoms with E-state index in [-0.39, 0.29) is 16.0 Å². The maximum atomic E-state index is 13.0. The van der Waals surface area contributed by atoms with Crippen LogP contribution in [0.25, 0.3) is 11.1 Å². The lowest BCUT2D eigenvalue weighted by atomic mass is 10.2. The summed E-state index contributed by atoms with van der Waals surface area (Å²) in [5.41, 5.74) is -2.23. The van der Waals surface area contributed by atoms with Crippen molar-refractivity contribution in [2.75, 3.05) is 5.32 Å². The van der Waals surface area contributed by atoms with E-state index in [2.05, 4.69) is 26.2 Å². The molecule has 1 heterocycles. The van der Waals surface area contributed by atoms with Crippen molar-refractivity contribution in [2.45, 2.75) is 32.5 Å². The molecule has 9 heteroatoms. The number of carbonyl (C=O) groups is 1. The molecule has 2 aromatic rings. The Balaban J connectivity index is 2.37. The molecule has 22 heavy (non-hydrogen) atoms. The Morgan fingerprint density at radius 1 is 1.32 bits per heavy atom. The smallest absolute Gasteiger partial charge is 0.420 e. The molecule has 2 rings (SSSR count). The van der Waals surface area contributed by atoms with Crippen LogP contribution in [-0.4, -0.2) is 16.7 Å². The van der Waals surface area contributed by atoms with E-state index in [1.54, 1.807) is 20.8 Å². The monoisotopic (exact) mass is 380 g/mol. The van der Waals surface area contributed by atoms with Gasteiger partial charge < -0.3 is 9.15 Å². The molecule has 0 aliphatic carbocycles. The minimum Gasteiger partial charge on any atom is -0.443 e. The van der Waals surface area contributed by atoms with Crippen molar-refractivity contribution in [3.63, 3.8) is 0 Å². The number of nitrogens with zero attached hydrogens (tertiary/aromatic N) is 1. The third-order valence-corrected chi connectivity index (χ3v) is 2.83. The summed E-state index contributed by atoms with van der Waals surface area (Å²) >= 11 is 2.98. The number of aromatic nitrogens is 1. The summed E-state index contributed by atoms with van der Waals surface area (Å²) < 4.78 is 49.1. The van der Waals surface area contributed by atoms with Crippen LogP contribution in [0.15, 0.2) is 21.0 Å². The summed E-state index contributed by atoms with van der Waals surface area (Å²) in [6.07, 6.45) is -5.48. The SMILES string of the molecule is CC(C)(C)OC(=O)Nc1nc2cc(Br)cc(C(F)(F)F)c2o1. The average molecular weight is 381 g/mol. The van der Waals surface area contributed by atoms with Crippen molar-refractivity contribution >= 4 is 39.1 Å². The minimum atomic E-state index is -4.61. The molecule has 5 nitrogen and oxygen atoms in total. The molecule has 0 radical (unpaired) electrons. The van der Waals surface area contributed by atoms with Gasteiger partial charge in [0.05, 0.1) is 0 Å². The molecule has 0 saturated carbocycles. The van der Waals surface area contributed by atoms with Gasteiger partial charge in [0.15, 0.2) is 5.58 Å². The molecule has 0 fully saturated rings. The van der Waals surface area contributed by atoms with Gasteiger partial charge in [-0.15, -0.1) is 0 Å². The second kappa shape index (κ2) is 5.45. The van der Waals surface area contributed by atoms with Gasteiger partial charge >= 0.3 is 18.3 Å². The maximum absolute atomic E-state index is 13.0. The Bertz CT molecular complexity index is 720. The lowest BCUT2D eigenvalue weighted by molar-refractivity contribution is -0.136. The van der Waals surface area contributed by atoms with Crippen LogP contribution in [0, 0.1) is 0 Å². The molecule has 0 bridgehead atoms. The number of alkyl halides is 3. The van der Waals surface area contributed by atoms with Crippen molar-refractivity contribution in [2.24, 2.45) is 0 Å². The quantitative estimate of drug-likeness (QED) is 0.759. The van der Waals surface area contributed by atoms with Crippen molar-refractivity contribution in [1.29, 1.82) is 0 Å². The number of halogens is 4. The summed E-state index contributed by atoms with van der Waals surface area (Å²) in [4.78, 5) is 15.4. The molecule has 0 saturated heterocycles. The number of ether oxygens (including phenoxy) is 1. The van der Waals surface area contributed by atoms with Crippen molar-refractivity contribution in [3.8, 4) is 0 Å². The normalized spacial score (nSPS) is 12.5. The van der Waals surface area contributed by atoms with E-state index in [4.69, 9.17) is 9.15 Å². The molecule has 0 spiro atoms. The lowest BCUT2D eigenvalue weighted by Gasteiger charge is -2.18. The summed E-state index contributed by atoms with van der Waals surface area (Å²) in [6, 6.07) is 1.87. The number of benzene rings is 1. The molecule has 1 aromatic carbocycles. The molecule has 120 valence electrons. The summed E-state index contributed by atoms with van der Waals surface area (Å²) in [5.74, 6) is 0. The topological polar surface area (TPSA) is 64.4 Å². The standard InChI is InChI=1S/C13H12BrF3N2O3/c1-12(2,3)22-11(20)19-10-18-8-5-6(14)4-7(9(8)21-10)13(15,16)17/h4-5H,1-3H3,(H,18,19,20). The third kappa shape index (κ3) is 3.90. The highest BCUT2D eigenvalue weighted by Crippen LogP contribution is 2.38. The molecule has 0 aliphatic heterocycles. The van der Waals surface area contributed by atoms with E-state index in [0.717, 1.165) is 6.07 Å². The fourth-order valence-electron chi connectivity index (χ4n) is 1.65. The van der Waals surface area contributed by atoms with E-state index in [1.165, 1.54) is 6.07 Å². The zero-order valence-corrected chi connectivity index (χ0v) is 13.4. The Labute approximate surface area is 132 Å². The van der Waals surface area contributed by atoms with Crippen molar-refractivity contribution in [1.82, 2.24) is 4.98 Å². The van der Waals surface area contributed by atoms with Crippen LogP contribution in [0.1, 0.15) is 26.3 Å². The highest BCUT2D eigenvalue weighted by atomic mass is 79.9. The second-order valence-electron chi connectivity index (χ2n) is 5.45. The average Bonchev–Trinajstić information content (AvgIpc) is 2.65. The van der Waals surface area contributed by atoms with Gasteiger partial charge in [-0.2, -0.15) is 18.2 Å². The number of amides is 1. The second-order valence-corrected chi connectivity index (χ2v) is 6.36. The van der Waals surface area contributed by atoms with Crippen LogP contribution in [0.5, 0.6) is 0 Å². The highest BCUT2D eigenvalue weighted by Gasteiger charge is 2.35. The molecule has 0 atom stereocenters. The fraction of sp³-hybridized carbons (Fsp3) is 0.385. The molecule has 1 amide bonds. The van der Waals surface area contributed by atoms with Crippen LogP contribution in [-0.2, 0) is 10.9 Å². The van der Waals surface area contributed by atoms with Crippen LogP contribution < -0.4 is 5.32 Å². The third-order valence-electron chi connectivity index (χ3n) is 2.37. The van der Waals surface area contributed by atoms with Gasteiger partial charge in [0, 0.05) is 4.47 Å². The number of anilines is 1. The first-order valence-corrected chi connectivity index (χ1v) is 6.92. The molecular formula is C13H12BrF3N2O3. The Hall–Kier alpha value is -1.77. The van der Waals surface area contributed by atoms with Crippen LogP contribution in [0.2, 0.25) is 0 Å². The summed E-state index contributed by atoms with van der Waals surface area (Å²) in [7, 11) is 0. The van der Waals surface area contributed by atoms with Crippen LogP contribution in [0.3, 0.4) is 0 Å². The number of hydrogen-bond donors (Lipinski definition) is 1. The van der Waals surface area contributed by atoms with Gasteiger partial charge in [0.1, 0.15) is 16.7 Å².